The number of aromatic nitrogens is 1. The first-order valence-electron chi connectivity index (χ1n) is 11.3. The Kier molecular flexibility index (Phi) is 7.69. The molecular formula is C27H33F2N3O. The molecule has 3 rings (SSSR count). The Labute approximate surface area is 195 Å². The number of nitrogens with zero attached hydrogens (tertiary/aromatic N) is 2. The van der Waals surface area contributed by atoms with Crippen LogP contribution >= 0.6 is 0 Å². The number of nitrogens with two attached hydrogens (primary N) is 1. The van der Waals surface area contributed by atoms with Gasteiger partial charge < -0.3 is 15.2 Å². The zero-order chi connectivity index (χ0) is 24.2. The third-order valence-corrected chi connectivity index (χ3v) is 5.78. The number of halogens is 2. The third-order valence-electron chi connectivity index (χ3n) is 5.78. The van der Waals surface area contributed by atoms with Crippen LogP contribution in [0.2, 0.25) is 0 Å². The lowest BCUT2D eigenvalue weighted by Crippen LogP contribution is -2.42. The van der Waals surface area contributed by atoms with Crippen LogP contribution in [0.4, 0.5) is 8.78 Å². The monoisotopic (exact) mass is 453 g/mol. The number of amides is 1. The van der Waals surface area contributed by atoms with Gasteiger partial charge in [0.1, 0.15) is 11.6 Å². The first kappa shape index (κ1) is 24.6. The molecule has 0 saturated carbocycles. The third kappa shape index (κ3) is 5.88. The second kappa shape index (κ2) is 10.3. The summed E-state index contributed by atoms with van der Waals surface area (Å²) in [5.41, 5.74) is 8.16. The number of carbonyl (C=O) groups is 1. The molecule has 1 aromatic heterocycles. The lowest BCUT2D eigenvalue weighted by molar-refractivity contribution is -0.134. The van der Waals surface area contributed by atoms with Crippen molar-refractivity contribution in [3.05, 3.63) is 83.7 Å². The number of carbonyl (C=O) groups excluding carboxylic acids is 1. The number of benzene rings is 2. The first-order valence-corrected chi connectivity index (χ1v) is 11.3. The van der Waals surface area contributed by atoms with Crippen molar-refractivity contribution in [2.24, 2.45) is 11.1 Å². The number of rotatable bonds is 8. The molecule has 1 heterocycles. The highest BCUT2D eigenvalue weighted by Gasteiger charge is 2.36. The van der Waals surface area contributed by atoms with Crippen LogP contribution in [0, 0.1) is 17.0 Å². The summed E-state index contributed by atoms with van der Waals surface area (Å²) in [6, 6.07) is 15.0. The second-order valence-corrected chi connectivity index (χ2v) is 9.51. The van der Waals surface area contributed by atoms with Gasteiger partial charge in [-0.15, -0.1) is 0 Å². The van der Waals surface area contributed by atoms with E-state index in [1.165, 1.54) is 6.07 Å². The summed E-state index contributed by atoms with van der Waals surface area (Å²) in [4.78, 5) is 14.6. The van der Waals surface area contributed by atoms with Gasteiger partial charge in [0, 0.05) is 43.0 Å². The molecular weight excluding hydrogens is 420 g/mol. The lowest BCUT2D eigenvalue weighted by Gasteiger charge is -2.40. The second-order valence-electron chi connectivity index (χ2n) is 9.51. The summed E-state index contributed by atoms with van der Waals surface area (Å²) in [5, 5.41) is 0. The van der Waals surface area contributed by atoms with Crippen molar-refractivity contribution in [2.45, 2.75) is 46.7 Å². The van der Waals surface area contributed by atoms with E-state index in [4.69, 9.17) is 5.73 Å². The van der Waals surface area contributed by atoms with Crippen LogP contribution in [0.25, 0.3) is 11.1 Å². The Bertz CT molecular complexity index is 1090. The van der Waals surface area contributed by atoms with Crippen LogP contribution in [-0.2, 0) is 11.3 Å². The molecule has 1 atom stereocenters. The van der Waals surface area contributed by atoms with E-state index in [-0.39, 0.29) is 22.9 Å². The van der Waals surface area contributed by atoms with E-state index in [0.29, 0.717) is 31.6 Å². The quantitative estimate of drug-likeness (QED) is 0.471. The van der Waals surface area contributed by atoms with Crippen molar-refractivity contribution >= 4 is 5.91 Å². The van der Waals surface area contributed by atoms with Gasteiger partial charge in [0.15, 0.2) is 0 Å². The van der Waals surface area contributed by atoms with Gasteiger partial charge in [-0.05, 0) is 48.2 Å². The fourth-order valence-electron chi connectivity index (χ4n) is 4.34. The fraction of sp³-hybridized carbons (Fsp3) is 0.370. The SMILES string of the molecule is CC(=O)N(CCCN)C(c1cc(-c2cc(F)ccc2F)cn1Cc1ccccc1)C(C)(C)C. The normalized spacial score (nSPS) is 12.6. The molecule has 0 radical (unpaired) electrons. The zero-order valence-electron chi connectivity index (χ0n) is 19.8. The highest BCUT2D eigenvalue weighted by Crippen LogP contribution is 2.41. The fourth-order valence-corrected chi connectivity index (χ4v) is 4.34. The molecule has 2 aromatic carbocycles. The molecule has 0 fully saturated rings. The molecule has 2 N–H and O–H groups in total. The standard InChI is InChI=1S/C27H33F2N3O/c1-19(33)32(14-8-13-30)26(27(2,3)4)25-15-21(23-16-22(28)11-12-24(23)29)18-31(25)17-20-9-6-5-7-10-20/h5-7,9-12,15-16,18,26H,8,13-14,17,30H2,1-4H3. The van der Waals surface area contributed by atoms with Gasteiger partial charge in [-0.2, -0.15) is 0 Å². The van der Waals surface area contributed by atoms with Crippen molar-refractivity contribution in [3.63, 3.8) is 0 Å². The minimum absolute atomic E-state index is 0.0469. The van der Waals surface area contributed by atoms with Crippen LogP contribution in [-0.4, -0.2) is 28.5 Å². The van der Waals surface area contributed by atoms with Gasteiger partial charge in [-0.1, -0.05) is 51.1 Å². The van der Waals surface area contributed by atoms with Gasteiger partial charge in [0.2, 0.25) is 5.91 Å². The summed E-state index contributed by atoms with van der Waals surface area (Å²) in [6.07, 6.45) is 2.52. The van der Waals surface area contributed by atoms with E-state index >= 15 is 0 Å². The lowest BCUT2D eigenvalue weighted by atomic mass is 9.83. The van der Waals surface area contributed by atoms with Gasteiger partial charge in [0.05, 0.1) is 6.04 Å². The highest BCUT2D eigenvalue weighted by atomic mass is 19.1. The molecule has 1 unspecified atom stereocenters. The van der Waals surface area contributed by atoms with Crippen LogP contribution < -0.4 is 5.73 Å². The van der Waals surface area contributed by atoms with Gasteiger partial charge in [-0.3, -0.25) is 4.79 Å². The van der Waals surface area contributed by atoms with E-state index in [2.05, 4.69) is 20.8 Å². The Morgan fingerprint density at radius 2 is 1.79 bits per heavy atom. The van der Waals surface area contributed by atoms with Gasteiger partial charge >= 0.3 is 0 Å². The minimum atomic E-state index is -0.496. The molecule has 6 heteroatoms. The van der Waals surface area contributed by atoms with Crippen molar-refractivity contribution < 1.29 is 13.6 Å². The molecule has 0 aliphatic carbocycles. The Morgan fingerprint density at radius 1 is 1.09 bits per heavy atom. The van der Waals surface area contributed by atoms with Crippen LogP contribution in [0.3, 0.4) is 0 Å². The summed E-state index contributed by atoms with van der Waals surface area (Å²) in [7, 11) is 0. The highest BCUT2D eigenvalue weighted by molar-refractivity contribution is 5.74. The molecule has 176 valence electrons. The average Bonchev–Trinajstić information content (AvgIpc) is 3.15. The molecule has 1 amide bonds. The maximum absolute atomic E-state index is 14.7. The van der Waals surface area contributed by atoms with E-state index in [1.54, 1.807) is 6.92 Å². The van der Waals surface area contributed by atoms with Gasteiger partial charge in [-0.25, -0.2) is 8.78 Å². The van der Waals surface area contributed by atoms with Crippen molar-refractivity contribution in [1.29, 1.82) is 0 Å². The Hall–Kier alpha value is -2.99. The summed E-state index contributed by atoms with van der Waals surface area (Å²) >= 11 is 0. The molecule has 0 saturated heterocycles. The smallest absolute Gasteiger partial charge is 0.220 e. The van der Waals surface area contributed by atoms with E-state index < -0.39 is 11.6 Å². The first-order chi connectivity index (χ1) is 15.6. The van der Waals surface area contributed by atoms with Crippen molar-refractivity contribution in [1.82, 2.24) is 9.47 Å². The van der Waals surface area contributed by atoms with Gasteiger partial charge in [0.25, 0.3) is 0 Å². The molecule has 0 bridgehead atoms. The molecule has 0 aliphatic rings. The maximum atomic E-state index is 14.7. The summed E-state index contributed by atoms with van der Waals surface area (Å²) in [5.74, 6) is -1.03. The Morgan fingerprint density at radius 3 is 2.39 bits per heavy atom. The van der Waals surface area contributed by atoms with Crippen LogP contribution in [0.5, 0.6) is 0 Å². The summed E-state index contributed by atoms with van der Waals surface area (Å²) < 4.78 is 30.7. The zero-order valence-corrected chi connectivity index (χ0v) is 19.8. The predicted molar refractivity (Wildman–Crippen MR) is 129 cm³/mol. The Balaban J connectivity index is 2.19. The van der Waals surface area contributed by atoms with E-state index in [1.807, 2.05) is 52.1 Å². The summed E-state index contributed by atoms with van der Waals surface area (Å²) in [6.45, 7) is 9.35. The number of hydrogen-bond donors (Lipinski definition) is 1. The topological polar surface area (TPSA) is 51.3 Å². The largest absolute Gasteiger partial charge is 0.344 e. The molecule has 4 nitrogen and oxygen atoms in total. The molecule has 0 aliphatic heterocycles. The molecule has 33 heavy (non-hydrogen) atoms. The predicted octanol–water partition coefficient (Wildman–Crippen LogP) is 5.77. The maximum Gasteiger partial charge on any atom is 0.220 e. The number of hydrogen-bond acceptors (Lipinski definition) is 2. The van der Waals surface area contributed by atoms with Crippen molar-refractivity contribution in [3.8, 4) is 11.1 Å². The average molecular weight is 454 g/mol. The minimum Gasteiger partial charge on any atom is -0.344 e. The van der Waals surface area contributed by atoms with E-state index in [0.717, 1.165) is 23.4 Å². The van der Waals surface area contributed by atoms with E-state index in [9.17, 15) is 13.6 Å². The van der Waals surface area contributed by atoms with Crippen molar-refractivity contribution in [2.75, 3.05) is 13.1 Å². The van der Waals surface area contributed by atoms with Crippen LogP contribution in [0.1, 0.15) is 51.4 Å². The molecule has 0 spiro atoms. The van der Waals surface area contributed by atoms with Crippen LogP contribution in [0.15, 0.2) is 60.8 Å². The molecule has 3 aromatic rings.